The number of nitrogens with one attached hydrogen (secondary N) is 1. The molecule has 2 amide bonds. The highest BCUT2D eigenvalue weighted by atomic mass is 16.5. The van der Waals surface area contributed by atoms with Gasteiger partial charge in [0.25, 0.3) is 11.5 Å². The van der Waals surface area contributed by atoms with Gasteiger partial charge in [-0.2, -0.15) is 5.06 Å². The van der Waals surface area contributed by atoms with Gasteiger partial charge in [0.2, 0.25) is 5.91 Å². The van der Waals surface area contributed by atoms with E-state index in [0.29, 0.717) is 39.8 Å². The summed E-state index contributed by atoms with van der Waals surface area (Å²) in [6.07, 6.45) is -0.879. The molecule has 3 aromatic carbocycles. The second kappa shape index (κ2) is 9.07. The smallest absolute Gasteiger partial charge is 0.266 e. The molecule has 208 valence electrons. The molecule has 4 atom stereocenters. The summed E-state index contributed by atoms with van der Waals surface area (Å²) in [6, 6.07) is 19.0. The maximum Gasteiger partial charge on any atom is 0.266 e. The molecule has 0 bridgehead atoms. The fourth-order valence-corrected chi connectivity index (χ4v) is 6.66. The van der Waals surface area contributed by atoms with Crippen LogP contribution in [0.5, 0.6) is 0 Å². The van der Waals surface area contributed by atoms with E-state index < -0.39 is 29.8 Å². The van der Waals surface area contributed by atoms with E-state index in [1.165, 1.54) is 9.47 Å². The van der Waals surface area contributed by atoms with Gasteiger partial charge in [-0.25, -0.2) is 4.98 Å². The van der Waals surface area contributed by atoms with Crippen molar-refractivity contribution >= 4 is 28.4 Å². The van der Waals surface area contributed by atoms with Crippen molar-refractivity contribution in [2.24, 2.45) is 5.92 Å². The van der Waals surface area contributed by atoms with Crippen LogP contribution in [0.1, 0.15) is 54.5 Å². The van der Waals surface area contributed by atoms with Crippen LogP contribution in [0.3, 0.4) is 0 Å². The van der Waals surface area contributed by atoms with Crippen LogP contribution in [0, 0.1) is 5.92 Å². The van der Waals surface area contributed by atoms with Crippen molar-refractivity contribution in [2.75, 3.05) is 4.90 Å². The third-order valence-corrected chi connectivity index (χ3v) is 8.41. The van der Waals surface area contributed by atoms with Crippen LogP contribution in [0.4, 0.5) is 5.69 Å². The van der Waals surface area contributed by atoms with E-state index in [4.69, 9.17) is 4.98 Å². The lowest BCUT2D eigenvalue weighted by Gasteiger charge is -2.36. The first kappa shape index (κ1) is 25.6. The lowest BCUT2D eigenvalue weighted by atomic mass is 9.85. The van der Waals surface area contributed by atoms with E-state index in [1.807, 2.05) is 13.8 Å². The third-order valence-electron chi connectivity index (χ3n) is 8.41. The van der Waals surface area contributed by atoms with Crippen molar-refractivity contribution in [2.45, 2.75) is 50.5 Å². The minimum absolute atomic E-state index is 0.123. The molecule has 0 spiro atoms. The molecular formula is C31H29N5O5. The van der Waals surface area contributed by atoms with Crippen LogP contribution >= 0.6 is 0 Å². The SMILES string of the molecule is CC(C)CC1C(=O)N2c3ccccc3C(O)(CC3NC(=O)c4ccccc4-n4c3nc3ccccc3c4=O)C2N1O. The van der Waals surface area contributed by atoms with E-state index in [-0.39, 0.29) is 29.6 Å². The molecule has 4 heterocycles. The topological polar surface area (TPSA) is 128 Å². The Balaban J connectivity index is 1.42. The molecule has 4 aromatic rings. The first-order valence-electron chi connectivity index (χ1n) is 13.7. The van der Waals surface area contributed by atoms with Gasteiger partial charge < -0.3 is 15.6 Å². The summed E-state index contributed by atoms with van der Waals surface area (Å²) < 4.78 is 1.43. The quantitative estimate of drug-likeness (QED) is 0.355. The van der Waals surface area contributed by atoms with Crippen molar-refractivity contribution in [3.63, 3.8) is 0 Å². The summed E-state index contributed by atoms with van der Waals surface area (Å²) in [5.74, 6) is -0.346. The largest absolute Gasteiger partial charge is 0.381 e. The molecule has 3 aliphatic heterocycles. The molecule has 0 radical (unpaired) electrons. The molecule has 1 aromatic heterocycles. The maximum atomic E-state index is 13.9. The molecule has 0 saturated carbocycles. The summed E-state index contributed by atoms with van der Waals surface area (Å²) in [5, 5.41) is 28.3. The number of nitrogens with zero attached hydrogens (tertiary/aromatic N) is 4. The minimum atomic E-state index is -1.81. The van der Waals surface area contributed by atoms with Crippen LogP contribution in [-0.2, 0) is 10.4 Å². The van der Waals surface area contributed by atoms with Gasteiger partial charge in [0.05, 0.1) is 33.9 Å². The number of rotatable bonds is 4. The van der Waals surface area contributed by atoms with Crippen molar-refractivity contribution in [3.8, 4) is 5.69 Å². The minimum Gasteiger partial charge on any atom is -0.381 e. The molecular weight excluding hydrogens is 522 g/mol. The number of aliphatic hydroxyl groups is 1. The molecule has 10 nitrogen and oxygen atoms in total. The molecule has 1 fully saturated rings. The van der Waals surface area contributed by atoms with Gasteiger partial charge in [0.1, 0.15) is 23.6 Å². The highest BCUT2D eigenvalue weighted by Gasteiger charge is 2.62. The second-order valence-corrected chi connectivity index (χ2v) is 11.4. The van der Waals surface area contributed by atoms with Gasteiger partial charge in [-0.1, -0.05) is 56.3 Å². The number of anilines is 1. The Labute approximate surface area is 235 Å². The predicted molar refractivity (Wildman–Crippen MR) is 151 cm³/mol. The molecule has 4 unspecified atom stereocenters. The van der Waals surface area contributed by atoms with Crippen LogP contribution in [0.15, 0.2) is 77.6 Å². The number of amides is 2. The summed E-state index contributed by atoms with van der Waals surface area (Å²) in [4.78, 5) is 47.4. The summed E-state index contributed by atoms with van der Waals surface area (Å²) >= 11 is 0. The zero-order valence-corrected chi connectivity index (χ0v) is 22.6. The zero-order chi connectivity index (χ0) is 28.6. The van der Waals surface area contributed by atoms with Gasteiger partial charge in [-0.05, 0) is 42.7 Å². The standard InChI is InChI=1S/C31H29N5O5/c1-17(2)15-25-29(39)35-24-14-8-5-11-20(24)31(40,30(35)36(25)41)16-22-26-32-21-12-6-3-9-18(21)28(38)34(26)23-13-7-4-10-19(23)27(37)33-22/h3-14,17,22,25,30,40-41H,15-16H2,1-2H3,(H,33,37). The molecule has 3 aliphatic rings. The van der Waals surface area contributed by atoms with Gasteiger partial charge in [0, 0.05) is 12.0 Å². The molecule has 0 aliphatic carbocycles. The Bertz CT molecular complexity index is 1800. The first-order valence-corrected chi connectivity index (χ1v) is 13.7. The molecule has 10 heteroatoms. The molecule has 41 heavy (non-hydrogen) atoms. The van der Waals surface area contributed by atoms with E-state index in [1.54, 1.807) is 72.8 Å². The Morgan fingerprint density at radius 1 is 0.951 bits per heavy atom. The van der Waals surface area contributed by atoms with E-state index in [2.05, 4.69) is 5.32 Å². The summed E-state index contributed by atoms with van der Waals surface area (Å²) in [5.41, 5.74) is -0.0456. The number of fused-ring (bicyclic) bond motifs is 7. The first-order chi connectivity index (χ1) is 19.7. The highest BCUT2D eigenvalue weighted by molar-refractivity contribution is 6.02. The second-order valence-electron chi connectivity index (χ2n) is 11.4. The average Bonchev–Trinajstić information content (AvgIpc) is 3.32. The number of carbonyl (C=O) groups excluding carboxylic acids is 2. The van der Waals surface area contributed by atoms with Crippen LogP contribution in [-0.4, -0.2) is 49.0 Å². The fraction of sp³-hybridized carbons (Fsp3) is 0.290. The lowest BCUT2D eigenvalue weighted by molar-refractivity contribution is -0.190. The normalized spacial score (nSPS) is 25.1. The van der Waals surface area contributed by atoms with Gasteiger partial charge in [-0.3, -0.25) is 23.9 Å². The Kier molecular flexibility index (Phi) is 5.66. The Hall–Kier alpha value is -4.38. The van der Waals surface area contributed by atoms with Gasteiger partial charge >= 0.3 is 0 Å². The lowest BCUT2D eigenvalue weighted by Crippen LogP contribution is -2.52. The van der Waals surface area contributed by atoms with Crippen molar-refractivity contribution in [3.05, 3.63) is 100 Å². The van der Waals surface area contributed by atoms with Gasteiger partial charge in [-0.15, -0.1) is 0 Å². The molecule has 7 rings (SSSR count). The van der Waals surface area contributed by atoms with Crippen LogP contribution in [0.25, 0.3) is 16.6 Å². The van der Waals surface area contributed by atoms with Gasteiger partial charge in [0.15, 0.2) is 0 Å². The number of carbonyl (C=O) groups is 2. The number of aromatic nitrogens is 2. The predicted octanol–water partition coefficient (Wildman–Crippen LogP) is 3.24. The molecule has 1 saturated heterocycles. The Morgan fingerprint density at radius 2 is 1.63 bits per heavy atom. The summed E-state index contributed by atoms with van der Waals surface area (Å²) in [6.45, 7) is 3.93. The number of hydrogen-bond acceptors (Lipinski definition) is 7. The maximum absolute atomic E-state index is 13.9. The van der Waals surface area contributed by atoms with Crippen LogP contribution < -0.4 is 15.8 Å². The highest BCUT2D eigenvalue weighted by Crippen LogP contribution is 2.52. The van der Waals surface area contributed by atoms with E-state index >= 15 is 0 Å². The van der Waals surface area contributed by atoms with Crippen molar-refractivity contribution < 1.29 is 19.9 Å². The zero-order valence-electron chi connectivity index (χ0n) is 22.6. The Morgan fingerprint density at radius 3 is 2.41 bits per heavy atom. The molecule has 3 N–H and O–H groups in total. The fourth-order valence-electron chi connectivity index (χ4n) is 6.66. The number of benzene rings is 3. The summed E-state index contributed by atoms with van der Waals surface area (Å²) in [7, 11) is 0. The van der Waals surface area contributed by atoms with E-state index in [9.17, 15) is 24.7 Å². The monoisotopic (exact) mass is 551 g/mol. The van der Waals surface area contributed by atoms with Crippen LogP contribution in [0.2, 0.25) is 0 Å². The van der Waals surface area contributed by atoms with E-state index in [0.717, 1.165) is 5.06 Å². The number of hydrogen-bond donors (Lipinski definition) is 3. The third kappa shape index (κ3) is 3.61. The van der Waals surface area contributed by atoms with Crippen molar-refractivity contribution in [1.29, 1.82) is 0 Å². The number of hydroxylamine groups is 2. The van der Waals surface area contributed by atoms with Crippen molar-refractivity contribution in [1.82, 2.24) is 19.9 Å². The number of para-hydroxylation sites is 3. The average molecular weight is 552 g/mol.